The fourth-order valence-corrected chi connectivity index (χ4v) is 2.70. The van der Waals surface area contributed by atoms with Gasteiger partial charge in [-0.2, -0.15) is 0 Å². The Labute approximate surface area is 119 Å². The lowest BCUT2D eigenvalue weighted by molar-refractivity contribution is 1.46. The number of benzene rings is 2. The van der Waals surface area contributed by atoms with Gasteiger partial charge in [0.2, 0.25) is 0 Å². The molecule has 0 radical (unpaired) electrons. The quantitative estimate of drug-likeness (QED) is 0.359. The number of nitrogens with zero attached hydrogens (tertiary/aromatic N) is 4. The summed E-state index contributed by atoms with van der Waals surface area (Å²) < 4.78 is 1.19. The Morgan fingerprint density at radius 3 is 2.60 bits per heavy atom. The van der Waals surface area contributed by atoms with Gasteiger partial charge in [0.05, 0.1) is 10.2 Å². The average molecular weight is 278 g/mol. The molecule has 0 aliphatic heterocycles. The monoisotopic (exact) mass is 278 g/mol. The van der Waals surface area contributed by atoms with E-state index in [1.165, 1.54) is 4.70 Å². The van der Waals surface area contributed by atoms with Gasteiger partial charge in [0.25, 0.3) is 0 Å². The highest BCUT2D eigenvalue weighted by Gasteiger charge is 1.99. The van der Waals surface area contributed by atoms with Crippen LogP contribution in [0.15, 0.2) is 53.6 Å². The highest BCUT2D eigenvalue weighted by atomic mass is 32.1. The second-order valence-corrected chi connectivity index (χ2v) is 5.20. The zero-order valence-electron chi connectivity index (χ0n) is 10.5. The summed E-state index contributed by atoms with van der Waals surface area (Å²) in [6, 6.07) is 15.5. The Kier molecular flexibility index (Phi) is 3.46. The molecule has 0 fully saturated rings. The maximum Gasteiger partial charge on any atom is 0.117 e. The third kappa shape index (κ3) is 2.69. The molecule has 5 heteroatoms. The zero-order valence-corrected chi connectivity index (χ0v) is 11.3. The van der Waals surface area contributed by atoms with E-state index in [1.54, 1.807) is 23.5 Å². The molecule has 3 rings (SSSR count). The van der Waals surface area contributed by atoms with Crippen LogP contribution in [0.25, 0.3) is 32.8 Å². The lowest BCUT2D eigenvalue weighted by Crippen LogP contribution is -1.71. The van der Waals surface area contributed by atoms with Crippen molar-refractivity contribution in [3.63, 3.8) is 0 Å². The molecule has 1 aromatic heterocycles. The van der Waals surface area contributed by atoms with Crippen LogP contribution in [0, 0.1) is 0 Å². The maximum atomic E-state index is 8.35. The number of aromatic nitrogens is 1. The van der Waals surface area contributed by atoms with Gasteiger partial charge in [-0.05, 0) is 29.3 Å². The molecule has 0 unspecified atom stereocenters. The summed E-state index contributed by atoms with van der Waals surface area (Å²) in [7, 11) is 0. The molecule has 0 bridgehead atoms. The van der Waals surface area contributed by atoms with Crippen LogP contribution in [0.4, 0.5) is 5.69 Å². The largest absolute Gasteiger partial charge is 0.237 e. The van der Waals surface area contributed by atoms with Crippen LogP contribution >= 0.6 is 11.3 Å². The highest BCUT2D eigenvalue weighted by Crippen LogP contribution is 2.23. The number of fused-ring (bicyclic) bond motifs is 1. The Morgan fingerprint density at radius 2 is 1.85 bits per heavy atom. The molecule has 0 saturated heterocycles. The first-order valence-corrected chi connectivity index (χ1v) is 6.85. The smallest absolute Gasteiger partial charge is 0.117 e. The molecule has 1 heterocycles. The molecule has 0 atom stereocenters. The number of thiazole rings is 1. The van der Waals surface area contributed by atoms with Crippen molar-refractivity contribution in [2.75, 3.05) is 0 Å². The van der Waals surface area contributed by atoms with E-state index in [0.29, 0.717) is 5.69 Å². The fraction of sp³-hybridized carbons (Fsp3) is 0. The Bertz CT molecular complexity index is 778. The molecular weight excluding hydrogens is 268 g/mol. The van der Waals surface area contributed by atoms with Crippen LogP contribution in [0.5, 0.6) is 0 Å². The summed E-state index contributed by atoms with van der Waals surface area (Å²) in [6.07, 6.45) is 3.99. The first-order chi connectivity index (χ1) is 9.85. The average Bonchev–Trinajstić information content (AvgIpc) is 2.90. The van der Waals surface area contributed by atoms with Crippen LogP contribution in [0.2, 0.25) is 0 Å². The lowest BCUT2D eigenvalue weighted by atomic mass is 10.2. The van der Waals surface area contributed by atoms with Crippen molar-refractivity contribution in [2.24, 2.45) is 5.11 Å². The Morgan fingerprint density at radius 1 is 1.05 bits per heavy atom. The van der Waals surface area contributed by atoms with Gasteiger partial charge in [-0.3, -0.25) is 0 Å². The minimum atomic E-state index is 0.615. The zero-order chi connectivity index (χ0) is 13.8. The van der Waals surface area contributed by atoms with Gasteiger partial charge in [-0.1, -0.05) is 47.6 Å². The lowest BCUT2D eigenvalue weighted by Gasteiger charge is -1.93. The van der Waals surface area contributed by atoms with Gasteiger partial charge in [0, 0.05) is 10.6 Å². The molecule has 20 heavy (non-hydrogen) atoms. The molecule has 0 saturated carbocycles. The van der Waals surface area contributed by atoms with Crippen molar-refractivity contribution in [3.8, 4) is 0 Å². The van der Waals surface area contributed by atoms with Gasteiger partial charge in [-0.25, -0.2) is 4.98 Å². The van der Waals surface area contributed by atoms with Gasteiger partial charge in [-0.15, -0.1) is 11.3 Å². The maximum absolute atomic E-state index is 8.35. The standard InChI is InChI=1S/C15H10N4S/c16-19-18-12-8-5-11(6-9-12)7-10-15-17-13-3-1-2-4-14(13)20-15/h1-10H/b10-7+. The van der Waals surface area contributed by atoms with Crippen molar-refractivity contribution in [1.82, 2.24) is 4.98 Å². The second kappa shape index (κ2) is 5.57. The van der Waals surface area contributed by atoms with Gasteiger partial charge in [0.1, 0.15) is 5.01 Å². The molecule has 0 spiro atoms. The number of hydrogen-bond acceptors (Lipinski definition) is 3. The number of para-hydroxylation sites is 1. The molecule has 0 aliphatic rings. The number of rotatable bonds is 3. The molecule has 0 aliphatic carbocycles. The van der Waals surface area contributed by atoms with Crippen LogP contribution in [-0.2, 0) is 0 Å². The van der Waals surface area contributed by atoms with Crippen molar-refractivity contribution in [3.05, 3.63) is 69.5 Å². The molecule has 2 aromatic carbocycles. The highest BCUT2D eigenvalue weighted by molar-refractivity contribution is 7.19. The van der Waals surface area contributed by atoms with E-state index in [9.17, 15) is 0 Å². The summed E-state index contributed by atoms with van der Waals surface area (Å²) in [5, 5.41) is 4.52. The molecule has 0 amide bonds. The third-order valence-electron chi connectivity index (χ3n) is 2.78. The first kappa shape index (κ1) is 12.4. The normalized spacial score (nSPS) is 10.8. The van der Waals surface area contributed by atoms with E-state index in [2.05, 4.69) is 21.1 Å². The Balaban J connectivity index is 1.84. The van der Waals surface area contributed by atoms with Crippen molar-refractivity contribution in [2.45, 2.75) is 0 Å². The van der Waals surface area contributed by atoms with Crippen molar-refractivity contribution < 1.29 is 0 Å². The van der Waals surface area contributed by atoms with Crippen molar-refractivity contribution in [1.29, 1.82) is 0 Å². The Hall–Kier alpha value is -2.62. The van der Waals surface area contributed by atoms with Gasteiger partial charge >= 0.3 is 0 Å². The van der Waals surface area contributed by atoms with E-state index in [0.717, 1.165) is 16.1 Å². The van der Waals surface area contributed by atoms with E-state index in [1.807, 2.05) is 42.5 Å². The summed E-state index contributed by atoms with van der Waals surface area (Å²) in [6.45, 7) is 0. The minimum absolute atomic E-state index is 0.615. The van der Waals surface area contributed by atoms with Crippen LogP contribution in [0.1, 0.15) is 10.6 Å². The van der Waals surface area contributed by atoms with Crippen LogP contribution in [0.3, 0.4) is 0 Å². The molecule has 0 N–H and O–H groups in total. The topological polar surface area (TPSA) is 61.7 Å². The van der Waals surface area contributed by atoms with Gasteiger partial charge in [0.15, 0.2) is 0 Å². The number of hydrogen-bond donors (Lipinski definition) is 0. The predicted molar refractivity (Wildman–Crippen MR) is 83.8 cm³/mol. The second-order valence-electron chi connectivity index (χ2n) is 4.13. The predicted octanol–water partition coefficient (Wildman–Crippen LogP) is 5.41. The van der Waals surface area contributed by atoms with Crippen LogP contribution < -0.4 is 0 Å². The van der Waals surface area contributed by atoms with Crippen LogP contribution in [-0.4, -0.2) is 4.98 Å². The number of azide groups is 1. The molecule has 96 valence electrons. The molecule has 3 aromatic rings. The summed E-state index contributed by atoms with van der Waals surface area (Å²) in [4.78, 5) is 7.29. The summed E-state index contributed by atoms with van der Waals surface area (Å²) >= 11 is 1.66. The van der Waals surface area contributed by atoms with Gasteiger partial charge < -0.3 is 0 Å². The van der Waals surface area contributed by atoms with E-state index >= 15 is 0 Å². The van der Waals surface area contributed by atoms with E-state index in [4.69, 9.17) is 5.53 Å². The fourth-order valence-electron chi connectivity index (χ4n) is 1.83. The van der Waals surface area contributed by atoms with Crippen molar-refractivity contribution >= 4 is 39.4 Å². The SMILES string of the molecule is [N-]=[N+]=Nc1ccc(/C=C/c2nc3ccccc3s2)cc1. The third-order valence-corrected chi connectivity index (χ3v) is 3.78. The van der Waals surface area contributed by atoms with E-state index in [-0.39, 0.29) is 0 Å². The molecule has 4 nitrogen and oxygen atoms in total. The summed E-state index contributed by atoms with van der Waals surface area (Å²) in [5.41, 5.74) is 11.0. The minimum Gasteiger partial charge on any atom is -0.237 e. The molecular formula is C15H10N4S. The first-order valence-electron chi connectivity index (χ1n) is 6.04. The summed E-state index contributed by atoms with van der Waals surface area (Å²) in [5.74, 6) is 0. The van der Waals surface area contributed by atoms with E-state index < -0.39 is 0 Å².